The molecule has 414 valence electrons. The van der Waals surface area contributed by atoms with Crippen molar-refractivity contribution in [2.24, 2.45) is 0 Å². The average molecular weight is 1050 g/mol. The maximum absolute atomic E-state index is 13.3. The summed E-state index contributed by atoms with van der Waals surface area (Å²) in [5.74, 6) is -6.34. The molecule has 1 fully saturated rings. The summed E-state index contributed by atoms with van der Waals surface area (Å²) in [5, 5.41) is 51.1. The number of aliphatic carboxylic acids is 4. The Hall–Kier alpha value is -5.69. The first-order valence-electron chi connectivity index (χ1n) is 25.0. The number of unbranched alkanes of at least 4 members (excludes halogenated alkanes) is 2. The predicted octanol–water partition coefficient (Wildman–Crippen LogP) is 1.19. The minimum Gasteiger partial charge on any atom is -0.480 e. The van der Waals surface area contributed by atoms with Crippen molar-refractivity contribution in [3.8, 4) is 0 Å². The molecule has 1 heterocycles. The molecule has 2 atom stereocenters. The van der Waals surface area contributed by atoms with Gasteiger partial charge in [0.2, 0.25) is 23.6 Å². The number of Topliss-reactive ketones (excluding diaryl/α,β-unsaturated/α-hetero) is 1. The molecule has 2 unspecified atom stereocenters. The Morgan fingerprint density at radius 1 is 0.575 bits per heavy atom. The number of carbonyl (C=O) groups is 10. The summed E-state index contributed by atoms with van der Waals surface area (Å²) in [4.78, 5) is 128. The fourth-order valence-electron chi connectivity index (χ4n) is 7.01. The van der Waals surface area contributed by atoms with Gasteiger partial charge in [-0.15, -0.1) is 0 Å². The van der Waals surface area contributed by atoms with Gasteiger partial charge in [0, 0.05) is 83.9 Å². The van der Waals surface area contributed by atoms with Crippen LogP contribution in [0.15, 0.2) is 24.3 Å². The molecule has 5 amide bonds. The number of thioether (sulfide) groups is 1. The van der Waals surface area contributed by atoms with E-state index in [1.54, 1.807) is 31.7 Å². The zero-order chi connectivity index (χ0) is 55.1. The van der Waals surface area contributed by atoms with Crippen LogP contribution in [0.25, 0.3) is 0 Å². The van der Waals surface area contributed by atoms with Gasteiger partial charge < -0.3 is 51.8 Å². The lowest BCUT2D eigenvalue weighted by molar-refractivity contribution is -0.142. The lowest BCUT2D eigenvalue weighted by Gasteiger charge is -2.32. The Morgan fingerprint density at radius 3 is 1.51 bits per heavy atom. The van der Waals surface area contributed by atoms with E-state index in [-0.39, 0.29) is 121 Å². The zero-order valence-electron chi connectivity index (χ0n) is 43.7. The van der Waals surface area contributed by atoms with E-state index < -0.39 is 60.2 Å². The first-order valence-corrected chi connectivity index (χ1v) is 26.4. The van der Waals surface area contributed by atoms with Gasteiger partial charge in [-0.05, 0) is 75.2 Å². The van der Waals surface area contributed by atoms with Crippen LogP contribution < -0.4 is 26.6 Å². The highest BCUT2D eigenvalue weighted by atomic mass is 32.2. The van der Waals surface area contributed by atoms with Crippen LogP contribution in [-0.2, 0) is 49.7 Å². The molecule has 0 spiro atoms. The van der Waals surface area contributed by atoms with Gasteiger partial charge in [-0.2, -0.15) is 11.8 Å². The number of benzene rings is 1. The van der Waals surface area contributed by atoms with Crippen molar-refractivity contribution in [2.45, 2.75) is 111 Å². The van der Waals surface area contributed by atoms with Gasteiger partial charge in [0.05, 0.1) is 32.7 Å². The maximum atomic E-state index is 13.3. The second-order valence-electron chi connectivity index (χ2n) is 17.2. The molecule has 0 radical (unpaired) electrons. The molecule has 23 nitrogen and oxygen atoms in total. The van der Waals surface area contributed by atoms with E-state index >= 15 is 0 Å². The number of carbonyl (C=O) groups excluding carboxylic acids is 6. The van der Waals surface area contributed by atoms with Crippen LogP contribution >= 0.6 is 11.8 Å². The summed E-state index contributed by atoms with van der Waals surface area (Å²) in [6.07, 6.45) is 6.20. The molecule has 1 aliphatic rings. The summed E-state index contributed by atoms with van der Waals surface area (Å²) < 4.78 is 0. The van der Waals surface area contributed by atoms with Gasteiger partial charge in [-0.3, -0.25) is 58.0 Å². The zero-order valence-corrected chi connectivity index (χ0v) is 44.5. The second-order valence-corrected chi connectivity index (χ2v) is 18.2. The number of carboxylic acid groups (broad SMARTS) is 4. The Bertz CT molecular complexity index is 1830. The third-order valence-corrected chi connectivity index (χ3v) is 11.4. The van der Waals surface area contributed by atoms with E-state index in [0.717, 1.165) is 0 Å². The average Bonchev–Trinajstić information content (AvgIpc) is 3.33. The van der Waals surface area contributed by atoms with Gasteiger partial charge in [-0.1, -0.05) is 46.2 Å². The Kier molecular flexibility index (Phi) is 37.6. The van der Waals surface area contributed by atoms with Crippen molar-refractivity contribution < 1.29 is 68.4 Å². The number of carboxylic acids is 4. The minimum atomic E-state index is -1.26. The van der Waals surface area contributed by atoms with E-state index in [0.29, 0.717) is 56.4 Å². The number of amides is 5. The number of ketones is 1. The Morgan fingerprint density at radius 2 is 1.05 bits per heavy atom. The van der Waals surface area contributed by atoms with Crippen molar-refractivity contribution in [3.05, 3.63) is 35.4 Å². The summed E-state index contributed by atoms with van der Waals surface area (Å²) in [7, 11) is 0. The largest absolute Gasteiger partial charge is 0.480 e. The van der Waals surface area contributed by atoms with Gasteiger partial charge in [-0.25, -0.2) is 4.79 Å². The summed E-state index contributed by atoms with van der Waals surface area (Å²) in [5.41, 5.74) is 0.869. The van der Waals surface area contributed by atoms with Crippen molar-refractivity contribution >= 4 is 71.0 Å². The SMILES string of the molecule is CC.CCC.CSCCC(NC(=O)c1ccc(CNC(=O)CN2CCN(CC(=O)O)CCN(CC(=O)O)CCN(CC(=O)O)CC2)cc1)C(=O)NCC(=O)NC(CCCCNC(=O)CCCCC(C)=O)C(=O)O. The topological polar surface area (TPSA) is 325 Å². The lowest BCUT2D eigenvalue weighted by atomic mass is 10.1. The van der Waals surface area contributed by atoms with Gasteiger partial charge in [0.1, 0.15) is 17.9 Å². The number of rotatable bonds is 30. The predicted molar refractivity (Wildman–Crippen MR) is 277 cm³/mol. The highest BCUT2D eigenvalue weighted by Crippen LogP contribution is 2.09. The van der Waals surface area contributed by atoms with Crippen LogP contribution in [0.1, 0.15) is 108 Å². The Labute approximate surface area is 434 Å². The molecule has 1 aromatic carbocycles. The third kappa shape index (κ3) is 34.4. The highest BCUT2D eigenvalue weighted by molar-refractivity contribution is 7.98. The molecular formula is C49H83N9O14S. The van der Waals surface area contributed by atoms with Crippen LogP contribution in [0.5, 0.6) is 0 Å². The molecule has 73 heavy (non-hydrogen) atoms. The fourth-order valence-corrected chi connectivity index (χ4v) is 7.48. The lowest BCUT2D eigenvalue weighted by Crippen LogP contribution is -2.51. The first-order chi connectivity index (χ1) is 34.8. The molecular weight excluding hydrogens is 971 g/mol. The molecule has 1 aliphatic heterocycles. The molecule has 24 heteroatoms. The number of hydrogen-bond acceptors (Lipinski definition) is 15. The van der Waals surface area contributed by atoms with Gasteiger partial charge in [0.15, 0.2) is 0 Å². The quantitative estimate of drug-likeness (QED) is 0.0489. The number of nitrogens with one attached hydrogen (secondary N) is 5. The second kappa shape index (κ2) is 40.8. The molecule has 1 saturated heterocycles. The molecule has 2 rings (SSSR count). The van der Waals surface area contributed by atoms with Crippen molar-refractivity contribution in [1.82, 2.24) is 46.2 Å². The van der Waals surface area contributed by atoms with Gasteiger partial charge >= 0.3 is 23.9 Å². The van der Waals surface area contributed by atoms with Crippen molar-refractivity contribution in [3.63, 3.8) is 0 Å². The molecule has 0 aliphatic carbocycles. The number of hydrogen-bond donors (Lipinski definition) is 9. The van der Waals surface area contributed by atoms with Crippen LogP contribution in [0.2, 0.25) is 0 Å². The van der Waals surface area contributed by atoms with E-state index in [9.17, 15) is 68.4 Å². The number of nitrogens with zero attached hydrogens (tertiary/aromatic N) is 4. The maximum Gasteiger partial charge on any atom is 0.326 e. The standard InChI is InChI=1S/C44H69N9O14S.C3H8.C2H6/c1-31(54)7-3-4-9-36(55)45-15-6-5-8-35(44(66)67)48-37(56)26-47-43(65)34(14-24-68-2)49-42(64)33-12-10-32(11-13-33)25-46-38(57)27-50-16-18-51(28-39(58)59)20-22-53(30-41(62)63)23-21-52(19-17-50)29-40(60)61;1-3-2;1-2/h10-13,34-35H,3-9,14-30H2,1-2H3,(H,45,55)(H,46,57)(H,47,65)(H,48,56)(H,49,64)(H,58,59)(H,60,61)(H,62,63)(H,66,67);3H2,1-2H3;1-2H3. The summed E-state index contributed by atoms with van der Waals surface area (Å²) in [6, 6.07) is 4.05. The highest BCUT2D eigenvalue weighted by Gasteiger charge is 2.25. The van der Waals surface area contributed by atoms with E-state index in [2.05, 4.69) is 40.4 Å². The van der Waals surface area contributed by atoms with Crippen LogP contribution in [0.3, 0.4) is 0 Å². The van der Waals surface area contributed by atoms with Crippen LogP contribution in [0.4, 0.5) is 0 Å². The van der Waals surface area contributed by atoms with E-state index in [1.165, 1.54) is 37.2 Å². The summed E-state index contributed by atoms with van der Waals surface area (Å²) >= 11 is 1.44. The normalized spacial score (nSPS) is 14.6. The Balaban J connectivity index is 0.00000997. The van der Waals surface area contributed by atoms with Crippen molar-refractivity contribution in [2.75, 3.05) is 104 Å². The van der Waals surface area contributed by atoms with E-state index in [4.69, 9.17) is 0 Å². The van der Waals surface area contributed by atoms with Crippen LogP contribution in [0, 0.1) is 0 Å². The molecule has 1 aromatic rings. The molecule has 0 aromatic heterocycles. The smallest absolute Gasteiger partial charge is 0.326 e. The molecule has 0 saturated carbocycles. The third-order valence-electron chi connectivity index (χ3n) is 10.8. The van der Waals surface area contributed by atoms with E-state index in [1.807, 2.05) is 20.1 Å². The molecule has 0 bridgehead atoms. The summed E-state index contributed by atoms with van der Waals surface area (Å²) in [6.45, 7) is 10.7. The van der Waals surface area contributed by atoms with Gasteiger partial charge in [0.25, 0.3) is 5.91 Å². The minimum absolute atomic E-state index is 0.0687. The first kappa shape index (κ1) is 67.3. The monoisotopic (exact) mass is 1050 g/mol. The molecule has 9 N–H and O–H groups in total. The van der Waals surface area contributed by atoms with Crippen molar-refractivity contribution in [1.29, 1.82) is 0 Å². The fraction of sp³-hybridized carbons (Fsp3) is 0.673. The van der Waals surface area contributed by atoms with Crippen LogP contribution in [-0.4, -0.2) is 215 Å².